The van der Waals surface area contributed by atoms with Crippen molar-refractivity contribution in [3.8, 4) is 6.07 Å². The maximum atomic E-state index is 10.8. The fourth-order valence-electron chi connectivity index (χ4n) is 0.754. The summed E-state index contributed by atoms with van der Waals surface area (Å²) in [5.74, 6) is 0. The Morgan fingerprint density at radius 1 is 1.42 bits per heavy atom. The summed E-state index contributed by atoms with van der Waals surface area (Å²) < 4.78 is 0. The number of hydrogen-bond acceptors (Lipinski definition) is 2. The third-order valence-electron chi connectivity index (χ3n) is 1.34. The Kier molecular flexibility index (Phi) is 7.05. The van der Waals surface area contributed by atoms with Crippen LogP contribution in [0.5, 0.6) is 0 Å². The highest BCUT2D eigenvalue weighted by atomic mass is 16.2. The molecule has 0 aromatic heterocycles. The summed E-state index contributed by atoms with van der Waals surface area (Å²) in [7, 11) is 0. The van der Waals surface area contributed by atoms with Gasteiger partial charge in [0.15, 0.2) is 0 Å². The molecule has 0 aromatic rings. The molecule has 0 aliphatic rings. The number of nitrogens with zero attached hydrogens (tertiary/aromatic N) is 1. The first-order chi connectivity index (χ1) is 5.81. The molecular formula is C8H15N3O. The van der Waals surface area contributed by atoms with Gasteiger partial charge in [-0.05, 0) is 19.8 Å². The first kappa shape index (κ1) is 10.8. The van der Waals surface area contributed by atoms with E-state index in [1.54, 1.807) is 0 Å². The Morgan fingerprint density at radius 2 is 2.17 bits per heavy atom. The summed E-state index contributed by atoms with van der Waals surface area (Å²) in [6.45, 7) is 3.16. The van der Waals surface area contributed by atoms with E-state index in [4.69, 9.17) is 5.26 Å². The molecule has 4 heteroatoms. The second kappa shape index (κ2) is 7.86. The van der Waals surface area contributed by atoms with Gasteiger partial charge >= 0.3 is 6.03 Å². The quantitative estimate of drug-likeness (QED) is 0.603. The zero-order valence-corrected chi connectivity index (χ0v) is 7.39. The zero-order chi connectivity index (χ0) is 9.23. The molecular weight excluding hydrogens is 154 g/mol. The van der Waals surface area contributed by atoms with Crippen molar-refractivity contribution in [2.45, 2.75) is 26.2 Å². The molecule has 68 valence electrons. The maximum Gasteiger partial charge on any atom is 0.314 e. The van der Waals surface area contributed by atoms with E-state index in [9.17, 15) is 4.79 Å². The number of hydrogen-bond donors (Lipinski definition) is 2. The predicted octanol–water partition coefficient (Wildman–Crippen LogP) is 0.999. The highest BCUT2D eigenvalue weighted by Gasteiger charge is 1.94. The summed E-state index contributed by atoms with van der Waals surface area (Å²) in [6.07, 6.45) is 2.28. The van der Waals surface area contributed by atoms with Gasteiger partial charge in [-0.25, -0.2) is 4.79 Å². The molecule has 2 N–H and O–H groups in total. The number of carbonyl (C=O) groups excluding carboxylic acids is 1. The topological polar surface area (TPSA) is 64.9 Å². The lowest BCUT2D eigenvalue weighted by atomic mass is 10.2. The van der Waals surface area contributed by atoms with Gasteiger partial charge in [0.2, 0.25) is 0 Å². The van der Waals surface area contributed by atoms with E-state index < -0.39 is 0 Å². The molecule has 0 spiro atoms. The summed E-state index contributed by atoms with van der Waals surface area (Å²) in [6, 6.07) is 1.92. The van der Waals surface area contributed by atoms with Gasteiger partial charge in [0.1, 0.15) is 0 Å². The van der Waals surface area contributed by atoms with Crippen LogP contribution < -0.4 is 10.6 Å². The van der Waals surface area contributed by atoms with Crippen LogP contribution in [0.15, 0.2) is 0 Å². The van der Waals surface area contributed by atoms with Crippen LogP contribution in [0, 0.1) is 11.3 Å². The number of amides is 2. The molecule has 2 amide bonds. The monoisotopic (exact) mass is 169 g/mol. The molecule has 0 fully saturated rings. The molecule has 0 aliphatic heterocycles. The van der Waals surface area contributed by atoms with Crippen LogP contribution in [0.25, 0.3) is 0 Å². The number of urea groups is 1. The minimum atomic E-state index is -0.130. The third kappa shape index (κ3) is 6.87. The van der Waals surface area contributed by atoms with E-state index in [0.717, 1.165) is 12.8 Å². The van der Waals surface area contributed by atoms with Crippen molar-refractivity contribution < 1.29 is 4.79 Å². The van der Waals surface area contributed by atoms with Crippen molar-refractivity contribution in [2.75, 3.05) is 13.1 Å². The van der Waals surface area contributed by atoms with Crippen LogP contribution in [0.3, 0.4) is 0 Å². The second-order valence-electron chi connectivity index (χ2n) is 2.40. The molecule has 0 radical (unpaired) electrons. The number of carbonyl (C=O) groups is 1. The predicted molar refractivity (Wildman–Crippen MR) is 46.5 cm³/mol. The van der Waals surface area contributed by atoms with Gasteiger partial charge in [0.25, 0.3) is 0 Å². The Bertz CT molecular complexity index is 162. The lowest BCUT2D eigenvalue weighted by Crippen LogP contribution is -2.35. The van der Waals surface area contributed by atoms with Crippen molar-refractivity contribution in [2.24, 2.45) is 0 Å². The van der Waals surface area contributed by atoms with Crippen molar-refractivity contribution in [1.82, 2.24) is 10.6 Å². The molecule has 0 rings (SSSR count). The van der Waals surface area contributed by atoms with Gasteiger partial charge in [-0.2, -0.15) is 5.26 Å². The van der Waals surface area contributed by atoms with E-state index in [2.05, 4.69) is 16.7 Å². The van der Waals surface area contributed by atoms with Crippen molar-refractivity contribution in [1.29, 1.82) is 5.26 Å². The van der Waals surface area contributed by atoms with Crippen molar-refractivity contribution in [3.05, 3.63) is 0 Å². The van der Waals surface area contributed by atoms with Crippen LogP contribution in [-0.2, 0) is 0 Å². The van der Waals surface area contributed by atoms with Crippen LogP contribution >= 0.6 is 0 Å². The van der Waals surface area contributed by atoms with Gasteiger partial charge in [-0.1, -0.05) is 0 Å². The standard InChI is InChI=1S/C8H15N3O/c1-2-10-8(12)11-7-5-3-4-6-9/h2-5,7H2,1H3,(H2,10,11,12). The van der Waals surface area contributed by atoms with Crippen LogP contribution in [-0.4, -0.2) is 19.1 Å². The van der Waals surface area contributed by atoms with Gasteiger partial charge in [-0.15, -0.1) is 0 Å². The first-order valence-corrected chi connectivity index (χ1v) is 4.20. The Labute approximate surface area is 72.9 Å². The molecule has 0 saturated heterocycles. The van der Waals surface area contributed by atoms with Gasteiger partial charge in [0.05, 0.1) is 6.07 Å². The minimum Gasteiger partial charge on any atom is -0.338 e. The van der Waals surface area contributed by atoms with E-state index in [0.29, 0.717) is 19.5 Å². The fraction of sp³-hybridized carbons (Fsp3) is 0.750. The molecule has 4 nitrogen and oxygen atoms in total. The van der Waals surface area contributed by atoms with Gasteiger partial charge in [0, 0.05) is 19.5 Å². The average Bonchev–Trinajstić information content (AvgIpc) is 2.05. The third-order valence-corrected chi connectivity index (χ3v) is 1.34. The number of nitrogens with one attached hydrogen (secondary N) is 2. The van der Waals surface area contributed by atoms with E-state index >= 15 is 0 Å². The average molecular weight is 169 g/mol. The minimum absolute atomic E-state index is 0.130. The molecule has 0 saturated carbocycles. The maximum absolute atomic E-state index is 10.8. The number of rotatable bonds is 5. The fourth-order valence-corrected chi connectivity index (χ4v) is 0.754. The Morgan fingerprint density at radius 3 is 2.75 bits per heavy atom. The van der Waals surface area contributed by atoms with E-state index in [1.807, 2.05) is 6.92 Å². The highest BCUT2D eigenvalue weighted by Crippen LogP contribution is 1.90. The molecule has 12 heavy (non-hydrogen) atoms. The Balaban J connectivity index is 3.09. The molecule has 0 bridgehead atoms. The first-order valence-electron chi connectivity index (χ1n) is 4.20. The zero-order valence-electron chi connectivity index (χ0n) is 7.39. The van der Waals surface area contributed by atoms with Gasteiger partial charge < -0.3 is 10.6 Å². The lowest BCUT2D eigenvalue weighted by Gasteiger charge is -2.03. The Hall–Kier alpha value is -1.24. The normalized spacial score (nSPS) is 8.67. The smallest absolute Gasteiger partial charge is 0.314 e. The molecule has 0 aromatic carbocycles. The molecule has 0 atom stereocenters. The molecule has 0 unspecified atom stereocenters. The summed E-state index contributed by atoms with van der Waals surface area (Å²) in [5, 5.41) is 13.5. The SMILES string of the molecule is CCNC(=O)NCCCCC#N. The summed E-state index contributed by atoms with van der Waals surface area (Å²) in [5.41, 5.74) is 0. The van der Waals surface area contributed by atoms with E-state index in [-0.39, 0.29) is 6.03 Å². The summed E-state index contributed by atoms with van der Waals surface area (Å²) >= 11 is 0. The number of nitriles is 1. The molecule has 0 aliphatic carbocycles. The molecule has 0 heterocycles. The van der Waals surface area contributed by atoms with Crippen LogP contribution in [0.4, 0.5) is 4.79 Å². The van der Waals surface area contributed by atoms with Crippen LogP contribution in [0.1, 0.15) is 26.2 Å². The number of unbranched alkanes of at least 4 members (excludes halogenated alkanes) is 2. The van der Waals surface area contributed by atoms with Crippen LogP contribution in [0.2, 0.25) is 0 Å². The summed E-state index contributed by atoms with van der Waals surface area (Å²) in [4.78, 5) is 10.8. The van der Waals surface area contributed by atoms with Crippen molar-refractivity contribution >= 4 is 6.03 Å². The van der Waals surface area contributed by atoms with Gasteiger partial charge in [-0.3, -0.25) is 0 Å². The largest absolute Gasteiger partial charge is 0.338 e. The van der Waals surface area contributed by atoms with E-state index in [1.165, 1.54) is 0 Å². The second-order valence-corrected chi connectivity index (χ2v) is 2.40. The van der Waals surface area contributed by atoms with Crippen molar-refractivity contribution in [3.63, 3.8) is 0 Å². The lowest BCUT2D eigenvalue weighted by molar-refractivity contribution is 0.241. The highest BCUT2D eigenvalue weighted by molar-refractivity contribution is 5.73.